The number of hydrogen-bond donors (Lipinski definition) is 2. The van der Waals surface area contributed by atoms with Gasteiger partial charge in [-0.1, -0.05) is 54.1 Å². The van der Waals surface area contributed by atoms with Gasteiger partial charge in [0.1, 0.15) is 0 Å². The van der Waals surface area contributed by atoms with Crippen LogP contribution < -0.4 is 0 Å². The van der Waals surface area contributed by atoms with Gasteiger partial charge < -0.3 is 10.3 Å². The molecule has 1 aliphatic rings. The largest absolute Gasteiger partial charge is 0.411 e. The fourth-order valence-corrected chi connectivity index (χ4v) is 2.42. The van der Waals surface area contributed by atoms with E-state index in [9.17, 15) is 5.11 Å². The molecular weight excluding hydrogens is 226 g/mol. The van der Waals surface area contributed by atoms with Gasteiger partial charge in [0.25, 0.3) is 0 Å². The Morgan fingerprint density at radius 1 is 1.22 bits per heavy atom. The highest BCUT2D eigenvalue weighted by molar-refractivity contribution is 5.87. The number of hydrogen-bond acceptors (Lipinski definition) is 3. The SMILES string of the molecule is O/N=C1/CCCCC1C(O)/C=C/c1ccccc1. The van der Waals surface area contributed by atoms with Gasteiger partial charge in [0.2, 0.25) is 0 Å². The minimum absolute atomic E-state index is 0.0382. The molecule has 0 spiro atoms. The molecule has 96 valence electrons. The molecule has 0 amide bonds. The lowest BCUT2D eigenvalue weighted by atomic mass is 9.83. The molecule has 3 heteroatoms. The highest BCUT2D eigenvalue weighted by atomic mass is 16.4. The fraction of sp³-hybridized carbons (Fsp3) is 0.400. The van der Waals surface area contributed by atoms with Crippen molar-refractivity contribution in [2.24, 2.45) is 11.1 Å². The molecule has 18 heavy (non-hydrogen) atoms. The highest BCUT2D eigenvalue weighted by Gasteiger charge is 2.26. The third-order valence-electron chi connectivity index (χ3n) is 3.45. The summed E-state index contributed by atoms with van der Waals surface area (Å²) in [7, 11) is 0. The van der Waals surface area contributed by atoms with E-state index in [1.165, 1.54) is 0 Å². The number of aliphatic hydroxyl groups excluding tert-OH is 1. The van der Waals surface area contributed by atoms with Crippen molar-refractivity contribution in [1.82, 2.24) is 0 Å². The maximum atomic E-state index is 10.2. The quantitative estimate of drug-likeness (QED) is 0.635. The minimum Gasteiger partial charge on any atom is -0.411 e. The summed E-state index contributed by atoms with van der Waals surface area (Å²) in [5.74, 6) is -0.0382. The lowest BCUT2D eigenvalue weighted by molar-refractivity contribution is 0.170. The Balaban J connectivity index is 2.02. The molecule has 3 nitrogen and oxygen atoms in total. The first-order valence-electron chi connectivity index (χ1n) is 6.43. The predicted octanol–water partition coefficient (Wildman–Crippen LogP) is 3.08. The van der Waals surface area contributed by atoms with Crippen molar-refractivity contribution in [1.29, 1.82) is 0 Å². The van der Waals surface area contributed by atoms with Gasteiger partial charge in [0.05, 0.1) is 11.8 Å². The third-order valence-corrected chi connectivity index (χ3v) is 3.45. The zero-order valence-corrected chi connectivity index (χ0v) is 10.4. The second-order valence-corrected chi connectivity index (χ2v) is 4.70. The van der Waals surface area contributed by atoms with Crippen LogP contribution in [0.2, 0.25) is 0 Å². The molecule has 1 fully saturated rings. The van der Waals surface area contributed by atoms with Gasteiger partial charge in [-0.2, -0.15) is 0 Å². The molecule has 1 aromatic carbocycles. The van der Waals surface area contributed by atoms with Crippen LogP contribution in [0.25, 0.3) is 6.08 Å². The second kappa shape index (κ2) is 6.36. The van der Waals surface area contributed by atoms with Crippen molar-refractivity contribution in [2.75, 3.05) is 0 Å². The Hall–Kier alpha value is -1.61. The Morgan fingerprint density at radius 2 is 2.00 bits per heavy atom. The first kappa shape index (κ1) is 12.8. The molecule has 0 radical (unpaired) electrons. The van der Waals surface area contributed by atoms with E-state index in [1.807, 2.05) is 36.4 Å². The molecule has 2 unspecified atom stereocenters. The van der Waals surface area contributed by atoms with Gasteiger partial charge in [0.15, 0.2) is 0 Å². The van der Waals surface area contributed by atoms with Crippen LogP contribution in [0.1, 0.15) is 31.2 Å². The van der Waals surface area contributed by atoms with Crippen LogP contribution in [-0.4, -0.2) is 22.1 Å². The molecule has 0 aromatic heterocycles. The molecule has 2 N–H and O–H groups in total. The highest BCUT2D eigenvalue weighted by Crippen LogP contribution is 2.25. The van der Waals surface area contributed by atoms with Crippen molar-refractivity contribution in [3.05, 3.63) is 42.0 Å². The average molecular weight is 245 g/mol. The molecule has 2 atom stereocenters. The molecule has 1 aromatic rings. The van der Waals surface area contributed by atoms with Crippen LogP contribution in [0, 0.1) is 5.92 Å². The van der Waals surface area contributed by atoms with Crippen molar-refractivity contribution in [2.45, 2.75) is 31.8 Å². The topological polar surface area (TPSA) is 52.8 Å². The van der Waals surface area contributed by atoms with Crippen molar-refractivity contribution in [3.63, 3.8) is 0 Å². The zero-order chi connectivity index (χ0) is 12.8. The first-order chi connectivity index (χ1) is 8.81. The van der Waals surface area contributed by atoms with Gasteiger partial charge >= 0.3 is 0 Å². The second-order valence-electron chi connectivity index (χ2n) is 4.70. The average Bonchev–Trinajstić information content (AvgIpc) is 2.45. The standard InChI is InChI=1S/C15H19NO2/c17-15(11-10-12-6-2-1-3-7-12)13-8-4-5-9-14(13)16-18/h1-3,6-7,10-11,13,15,17-18H,4-5,8-9H2/b11-10+,16-14-. The van der Waals surface area contributed by atoms with Crippen LogP contribution in [0.4, 0.5) is 0 Å². The molecule has 1 aliphatic carbocycles. The Kier molecular flexibility index (Phi) is 4.53. The molecule has 1 saturated carbocycles. The van der Waals surface area contributed by atoms with E-state index >= 15 is 0 Å². The summed E-state index contributed by atoms with van der Waals surface area (Å²) < 4.78 is 0. The summed E-state index contributed by atoms with van der Waals surface area (Å²) in [4.78, 5) is 0. The zero-order valence-electron chi connectivity index (χ0n) is 10.4. The maximum absolute atomic E-state index is 10.2. The number of oxime groups is 1. The van der Waals surface area contributed by atoms with Gasteiger partial charge in [-0.05, 0) is 24.8 Å². The van der Waals surface area contributed by atoms with Crippen molar-refractivity contribution in [3.8, 4) is 0 Å². The number of benzene rings is 1. The Labute approximate surface area is 107 Å². The number of nitrogens with zero attached hydrogens (tertiary/aromatic N) is 1. The van der Waals surface area contributed by atoms with Crippen LogP contribution >= 0.6 is 0 Å². The van der Waals surface area contributed by atoms with Crippen LogP contribution in [0.5, 0.6) is 0 Å². The van der Waals surface area contributed by atoms with Gasteiger partial charge in [-0.15, -0.1) is 0 Å². The lowest BCUT2D eigenvalue weighted by Crippen LogP contribution is -2.29. The molecule has 0 bridgehead atoms. The summed E-state index contributed by atoms with van der Waals surface area (Å²) >= 11 is 0. The van der Waals surface area contributed by atoms with Crippen molar-refractivity contribution >= 4 is 11.8 Å². The van der Waals surface area contributed by atoms with E-state index in [1.54, 1.807) is 6.08 Å². The Bertz CT molecular complexity index is 425. The lowest BCUT2D eigenvalue weighted by Gasteiger charge is -2.25. The summed E-state index contributed by atoms with van der Waals surface area (Å²) in [5.41, 5.74) is 1.79. The van der Waals surface area contributed by atoms with Gasteiger partial charge in [0, 0.05) is 5.92 Å². The molecule has 0 heterocycles. The molecular formula is C15H19NO2. The normalized spacial score (nSPS) is 24.5. The molecule has 0 saturated heterocycles. The van der Waals surface area contributed by atoms with Crippen LogP contribution in [0.3, 0.4) is 0 Å². The molecule has 0 aliphatic heterocycles. The summed E-state index contributed by atoms with van der Waals surface area (Å²) in [6.07, 6.45) is 6.93. The third kappa shape index (κ3) is 3.20. The van der Waals surface area contributed by atoms with Crippen LogP contribution in [0.15, 0.2) is 41.6 Å². The first-order valence-corrected chi connectivity index (χ1v) is 6.43. The van der Waals surface area contributed by atoms with E-state index in [2.05, 4.69) is 5.16 Å². The van der Waals surface area contributed by atoms with Gasteiger partial charge in [-0.25, -0.2) is 0 Å². The number of rotatable bonds is 3. The summed E-state index contributed by atoms with van der Waals surface area (Å²) in [6, 6.07) is 9.88. The Morgan fingerprint density at radius 3 is 2.72 bits per heavy atom. The van der Waals surface area contributed by atoms with E-state index in [0.29, 0.717) is 0 Å². The molecule has 2 rings (SSSR count). The smallest absolute Gasteiger partial charge is 0.0805 e. The monoisotopic (exact) mass is 245 g/mol. The number of aliphatic hydroxyl groups is 1. The van der Waals surface area contributed by atoms with Crippen molar-refractivity contribution < 1.29 is 10.3 Å². The minimum atomic E-state index is -0.573. The van der Waals surface area contributed by atoms with Crippen LogP contribution in [-0.2, 0) is 0 Å². The van der Waals surface area contributed by atoms with E-state index < -0.39 is 6.10 Å². The van der Waals surface area contributed by atoms with E-state index in [-0.39, 0.29) is 5.92 Å². The fourth-order valence-electron chi connectivity index (χ4n) is 2.42. The van der Waals surface area contributed by atoms with E-state index in [4.69, 9.17) is 5.21 Å². The summed E-state index contributed by atoms with van der Waals surface area (Å²) in [5, 5.41) is 22.4. The summed E-state index contributed by atoms with van der Waals surface area (Å²) in [6.45, 7) is 0. The van der Waals surface area contributed by atoms with Gasteiger partial charge in [-0.3, -0.25) is 0 Å². The van der Waals surface area contributed by atoms with E-state index in [0.717, 1.165) is 37.0 Å². The maximum Gasteiger partial charge on any atom is 0.0805 e. The predicted molar refractivity (Wildman–Crippen MR) is 72.7 cm³/mol.